The number of amides is 1. The first-order chi connectivity index (χ1) is 12.1. The van der Waals surface area contributed by atoms with Crippen LogP contribution < -0.4 is 19.9 Å². The number of nitrogens with one attached hydrogen (secondary N) is 1. The summed E-state index contributed by atoms with van der Waals surface area (Å²) in [6, 6.07) is 8.44. The van der Waals surface area contributed by atoms with Crippen molar-refractivity contribution in [1.82, 2.24) is 15.5 Å². The molecule has 8 heteroatoms. The van der Waals surface area contributed by atoms with Gasteiger partial charge in [0.1, 0.15) is 0 Å². The highest BCUT2D eigenvalue weighted by atomic mass is 19.1. The number of carbonyl (C=O) groups excluding carboxylic acids is 1. The summed E-state index contributed by atoms with van der Waals surface area (Å²) in [6.07, 6.45) is 0. The summed E-state index contributed by atoms with van der Waals surface area (Å²) < 4.78 is 18.8. The van der Waals surface area contributed by atoms with Gasteiger partial charge in [-0.25, -0.2) is 4.39 Å². The number of benzene rings is 1. The zero-order chi connectivity index (χ0) is 17.8. The van der Waals surface area contributed by atoms with Crippen LogP contribution in [0.2, 0.25) is 0 Å². The number of rotatable bonds is 4. The molecule has 1 aromatic carbocycles. The first-order valence-electron chi connectivity index (χ1n) is 8.01. The zero-order valence-corrected chi connectivity index (χ0v) is 14.2. The average Bonchev–Trinajstić information content (AvgIpc) is 2.67. The minimum absolute atomic E-state index is 0.244. The SMILES string of the molecule is CNC(=O)c1ccc(N2CCN(c3ccc(OC)c(F)c3)CC2)nn1. The molecule has 0 radical (unpaired) electrons. The summed E-state index contributed by atoms with van der Waals surface area (Å²) >= 11 is 0. The molecule has 1 aliphatic heterocycles. The highest BCUT2D eigenvalue weighted by Gasteiger charge is 2.20. The van der Waals surface area contributed by atoms with Gasteiger partial charge in [-0.2, -0.15) is 0 Å². The van der Waals surface area contributed by atoms with Gasteiger partial charge in [-0.1, -0.05) is 0 Å². The van der Waals surface area contributed by atoms with Crippen LogP contribution in [0.4, 0.5) is 15.9 Å². The van der Waals surface area contributed by atoms with E-state index in [-0.39, 0.29) is 17.5 Å². The molecule has 0 spiro atoms. The van der Waals surface area contributed by atoms with E-state index in [0.717, 1.165) is 37.7 Å². The molecule has 7 nitrogen and oxygen atoms in total. The number of methoxy groups -OCH3 is 1. The van der Waals surface area contributed by atoms with Gasteiger partial charge < -0.3 is 19.9 Å². The third kappa shape index (κ3) is 3.62. The first kappa shape index (κ1) is 16.9. The topological polar surface area (TPSA) is 70.6 Å². The average molecular weight is 345 g/mol. The van der Waals surface area contributed by atoms with Gasteiger partial charge in [-0.15, -0.1) is 10.2 Å². The number of nitrogens with zero attached hydrogens (tertiary/aromatic N) is 4. The van der Waals surface area contributed by atoms with Crippen LogP contribution in [0.5, 0.6) is 5.75 Å². The van der Waals surface area contributed by atoms with E-state index in [1.165, 1.54) is 13.2 Å². The van der Waals surface area contributed by atoms with Crippen molar-refractivity contribution in [2.45, 2.75) is 0 Å². The molecule has 1 N–H and O–H groups in total. The van der Waals surface area contributed by atoms with E-state index in [1.807, 2.05) is 6.07 Å². The molecule has 1 saturated heterocycles. The second-order valence-corrected chi connectivity index (χ2v) is 5.65. The van der Waals surface area contributed by atoms with Crippen LogP contribution >= 0.6 is 0 Å². The Bertz CT molecular complexity index is 745. The molecule has 25 heavy (non-hydrogen) atoms. The maximum absolute atomic E-state index is 13.9. The Labute approximate surface area is 145 Å². The largest absolute Gasteiger partial charge is 0.494 e. The summed E-state index contributed by atoms with van der Waals surface area (Å²) in [5.41, 5.74) is 1.12. The minimum atomic E-state index is -0.363. The summed E-state index contributed by atoms with van der Waals surface area (Å²) in [6.45, 7) is 2.96. The number of carbonyl (C=O) groups is 1. The van der Waals surface area contributed by atoms with Crippen LogP contribution in [0.3, 0.4) is 0 Å². The molecule has 0 bridgehead atoms. The summed E-state index contributed by atoms with van der Waals surface area (Å²) in [5, 5.41) is 10.6. The number of hydrogen-bond acceptors (Lipinski definition) is 6. The van der Waals surface area contributed by atoms with Crippen molar-refractivity contribution in [3.63, 3.8) is 0 Å². The lowest BCUT2D eigenvalue weighted by molar-refractivity contribution is 0.0957. The number of hydrogen-bond donors (Lipinski definition) is 1. The molecule has 1 aliphatic rings. The fraction of sp³-hybridized carbons (Fsp3) is 0.353. The van der Waals surface area contributed by atoms with Gasteiger partial charge in [-0.05, 0) is 24.3 Å². The van der Waals surface area contributed by atoms with E-state index in [2.05, 4.69) is 25.3 Å². The molecule has 0 saturated carbocycles. The fourth-order valence-electron chi connectivity index (χ4n) is 2.79. The predicted molar refractivity (Wildman–Crippen MR) is 92.8 cm³/mol. The van der Waals surface area contributed by atoms with Gasteiger partial charge >= 0.3 is 0 Å². The van der Waals surface area contributed by atoms with Gasteiger partial charge in [0.2, 0.25) is 0 Å². The second-order valence-electron chi connectivity index (χ2n) is 5.65. The second kappa shape index (κ2) is 7.33. The number of anilines is 2. The maximum Gasteiger partial charge on any atom is 0.271 e. The third-order valence-electron chi connectivity index (χ3n) is 4.21. The van der Waals surface area contributed by atoms with Crippen molar-refractivity contribution in [2.24, 2.45) is 0 Å². The molecule has 3 rings (SSSR count). The van der Waals surface area contributed by atoms with Crippen molar-refractivity contribution >= 4 is 17.4 Å². The Morgan fingerprint density at radius 2 is 1.84 bits per heavy atom. The zero-order valence-electron chi connectivity index (χ0n) is 14.2. The number of ether oxygens (including phenoxy) is 1. The molecule has 0 aliphatic carbocycles. The monoisotopic (exact) mass is 345 g/mol. The predicted octanol–water partition coefficient (Wildman–Crippen LogP) is 1.31. The number of halogens is 1. The summed E-state index contributed by atoms with van der Waals surface area (Å²) in [5.74, 6) is 0.352. The molecule has 1 aromatic heterocycles. The first-order valence-corrected chi connectivity index (χ1v) is 8.01. The van der Waals surface area contributed by atoms with Gasteiger partial charge in [0.05, 0.1) is 7.11 Å². The quantitative estimate of drug-likeness (QED) is 0.901. The van der Waals surface area contributed by atoms with Crippen LogP contribution in [0.1, 0.15) is 10.5 Å². The van der Waals surface area contributed by atoms with Crippen molar-refractivity contribution < 1.29 is 13.9 Å². The van der Waals surface area contributed by atoms with Gasteiger partial charge in [0.15, 0.2) is 23.1 Å². The lowest BCUT2D eigenvalue weighted by atomic mass is 10.2. The molecular formula is C17H20FN5O2. The normalized spacial score (nSPS) is 14.4. The van der Waals surface area contributed by atoms with Gasteiger partial charge in [0, 0.05) is 45.0 Å². The minimum Gasteiger partial charge on any atom is -0.494 e. The fourth-order valence-corrected chi connectivity index (χ4v) is 2.79. The van der Waals surface area contributed by atoms with E-state index >= 15 is 0 Å². The highest BCUT2D eigenvalue weighted by molar-refractivity contribution is 5.91. The van der Waals surface area contributed by atoms with Crippen LogP contribution in [0.25, 0.3) is 0 Å². The van der Waals surface area contributed by atoms with E-state index in [1.54, 1.807) is 25.2 Å². The number of aromatic nitrogens is 2. The Balaban J connectivity index is 1.63. The van der Waals surface area contributed by atoms with E-state index < -0.39 is 0 Å². The Morgan fingerprint density at radius 1 is 1.12 bits per heavy atom. The van der Waals surface area contributed by atoms with Crippen molar-refractivity contribution in [2.75, 3.05) is 50.1 Å². The van der Waals surface area contributed by atoms with Crippen LogP contribution in [0, 0.1) is 5.82 Å². The van der Waals surface area contributed by atoms with Crippen molar-refractivity contribution in [3.8, 4) is 5.75 Å². The molecule has 0 atom stereocenters. The van der Waals surface area contributed by atoms with E-state index in [4.69, 9.17) is 4.74 Å². The smallest absolute Gasteiger partial charge is 0.271 e. The molecule has 1 fully saturated rings. The lowest BCUT2D eigenvalue weighted by Crippen LogP contribution is -2.47. The van der Waals surface area contributed by atoms with Crippen LogP contribution in [-0.2, 0) is 0 Å². The van der Waals surface area contributed by atoms with E-state index in [0.29, 0.717) is 5.69 Å². The molecular weight excluding hydrogens is 325 g/mol. The van der Waals surface area contributed by atoms with Crippen LogP contribution in [0.15, 0.2) is 30.3 Å². The van der Waals surface area contributed by atoms with E-state index in [9.17, 15) is 9.18 Å². The lowest BCUT2D eigenvalue weighted by Gasteiger charge is -2.36. The molecule has 132 valence electrons. The maximum atomic E-state index is 13.9. The molecule has 1 amide bonds. The third-order valence-corrected chi connectivity index (χ3v) is 4.21. The van der Waals surface area contributed by atoms with Crippen molar-refractivity contribution in [1.29, 1.82) is 0 Å². The highest BCUT2D eigenvalue weighted by Crippen LogP contribution is 2.25. The molecule has 2 heterocycles. The van der Waals surface area contributed by atoms with Crippen LogP contribution in [-0.4, -0.2) is 56.4 Å². The van der Waals surface area contributed by atoms with Crippen molar-refractivity contribution in [3.05, 3.63) is 41.8 Å². The Kier molecular flexibility index (Phi) is 4.97. The number of piperazine rings is 1. The summed E-state index contributed by atoms with van der Waals surface area (Å²) in [7, 11) is 3.01. The molecule has 2 aromatic rings. The standard InChI is InChI=1S/C17H20FN5O2/c1-19-17(24)14-4-6-16(21-20-14)23-9-7-22(8-10-23)12-3-5-15(25-2)13(18)11-12/h3-6,11H,7-10H2,1-2H3,(H,19,24). The Hall–Kier alpha value is -2.90. The Morgan fingerprint density at radius 3 is 2.40 bits per heavy atom. The van der Waals surface area contributed by atoms with Gasteiger partial charge in [0.25, 0.3) is 5.91 Å². The molecule has 0 unspecified atom stereocenters. The van der Waals surface area contributed by atoms with Gasteiger partial charge in [-0.3, -0.25) is 4.79 Å². The summed E-state index contributed by atoms with van der Waals surface area (Å²) in [4.78, 5) is 15.7.